The molecule has 7 rings (SSSR count). The van der Waals surface area contributed by atoms with Gasteiger partial charge in [-0.15, -0.1) is 0 Å². The molecule has 0 spiro atoms. The minimum Gasteiger partial charge on any atom is -0.381 e. The van der Waals surface area contributed by atoms with Crippen LogP contribution in [0.5, 0.6) is 0 Å². The predicted molar refractivity (Wildman–Crippen MR) is 200 cm³/mol. The first-order valence-corrected chi connectivity index (χ1v) is 18.4. The van der Waals surface area contributed by atoms with Crippen LogP contribution in [-0.2, 0) is 35.5 Å². The zero-order valence-corrected chi connectivity index (χ0v) is 32.3. The third-order valence-electron chi connectivity index (χ3n) is 9.92. The van der Waals surface area contributed by atoms with Gasteiger partial charge in [-0.3, -0.25) is 19.0 Å². The molecule has 18 heteroatoms. The summed E-state index contributed by atoms with van der Waals surface area (Å²) in [4.78, 5) is 31.5. The van der Waals surface area contributed by atoms with Crippen molar-refractivity contribution in [2.45, 2.75) is 82.6 Å². The first kappa shape index (κ1) is 40.7. The van der Waals surface area contributed by atoms with E-state index in [-0.39, 0.29) is 57.1 Å². The fourth-order valence-corrected chi connectivity index (χ4v) is 7.57. The van der Waals surface area contributed by atoms with Gasteiger partial charge in [0.15, 0.2) is 5.82 Å². The second kappa shape index (κ2) is 14.4. The van der Waals surface area contributed by atoms with E-state index in [2.05, 4.69) is 32.7 Å². The van der Waals surface area contributed by atoms with E-state index in [1.54, 1.807) is 19.2 Å². The van der Waals surface area contributed by atoms with Crippen molar-refractivity contribution in [2.24, 2.45) is 13.0 Å². The number of aliphatic hydroxyl groups is 2. The lowest BCUT2D eigenvalue weighted by Gasteiger charge is -2.23. The molecule has 2 aliphatic carbocycles. The van der Waals surface area contributed by atoms with Crippen LogP contribution in [0.2, 0.25) is 5.02 Å². The van der Waals surface area contributed by atoms with E-state index in [1.165, 1.54) is 44.5 Å². The highest BCUT2D eigenvalue weighted by Crippen LogP contribution is 2.68. The Morgan fingerprint density at radius 2 is 1.69 bits per heavy atom. The Balaban J connectivity index is 1.38. The Morgan fingerprint density at radius 3 is 2.33 bits per heavy atom. The van der Waals surface area contributed by atoms with Crippen molar-refractivity contribution in [1.82, 2.24) is 29.9 Å². The van der Waals surface area contributed by atoms with Crippen molar-refractivity contribution in [2.75, 3.05) is 5.32 Å². The monoisotopic (exact) mass is 827 g/mol. The summed E-state index contributed by atoms with van der Waals surface area (Å²) >= 11 is 6.66. The van der Waals surface area contributed by atoms with E-state index in [0.29, 0.717) is 21.8 Å². The van der Waals surface area contributed by atoms with Crippen molar-refractivity contribution in [1.29, 1.82) is 0 Å². The molecule has 58 heavy (non-hydrogen) atoms. The zero-order chi connectivity index (χ0) is 42.2. The molecule has 2 aromatic carbocycles. The lowest BCUT2D eigenvalue weighted by atomic mass is 9.93. The van der Waals surface area contributed by atoms with E-state index in [4.69, 9.17) is 16.6 Å². The standard InChI is InChI=1S/C40H36ClF6N7O4/c1-38(2,57)11-10-21-6-7-22(23-8-9-26(41)30-33(23)53(5)52-36(30)50-37(56)39(3,4)58)31(48-21)27(14-18-12-19(42)15-20(43)13-18)49-28(55)17-54-34-29(32(51-54)35(44)45)24-16-25(24)40(34,46)47/h6-9,12-13,15,24-25,27,35,57-58H,14,16-17H2,1-5H3,(H,49,55)(H,50,52,56)/t24-,25?,27-/m0/s1. The molecule has 4 N–H and O–H groups in total. The summed E-state index contributed by atoms with van der Waals surface area (Å²) in [7, 11) is 1.56. The lowest BCUT2D eigenvalue weighted by molar-refractivity contribution is -0.130. The average Bonchev–Trinajstić information content (AvgIpc) is 3.65. The number of benzene rings is 2. The van der Waals surface area contributed by atoms with E-state index in [1.807, 2.05) is 0 Å². The molecule has 304 valence electrons. The summed E-state index contributed by atoms with van der Waals surface area (Å²) in [6.45, 7) is 4.53. The van der Waals surface area contributed by atoms with Gasteiger partial charge < -0.3 is 20.8 Å². The first-order valence-electron chi connectivity index (χ1n) is 18.0. The number of nitrogens with zero attached hydrogens (tertiary/aromatic N) is 5. The Hall–Kier alpha value is -5.44. The molecule has 1 fully saturated rings. The summed E-state index contributed by atoms with van der Waals surface area (Å²) < 4.78 is 90.1. The van der Waals surface area contributed by atoms with Gasteiger partial charge in [0.25, 0.3) is 18.3 Å². The minimum absolute atomic E-state index is 0.00287. The number of aryl methyl sites for hydroxylation is 1. The predicted octanol–water partition coefficient (Wildman–Crippen LogP) is 6.84. The number of anilines is 1. The van der Waals surface area contributed by atoms with Crippen molar-refractivity contribution >= 4 is 40.1 Å². The third kappa shape index (κ3) is 7.75. The highest BCUT2D eigenvalue weighted by molar-refractivity contribution is 6.37. The second-order valence-corrected chi connectivity index (χ2v) is 15.9. The second-order valence-electron chi connectivity index (χ2n) is 15.5. The van der Waals surface area contributed by atoms with Gasteiger partial charge in [-0.1, -0.05) is 23.6 Å². The number of hydrogen-bond donors (Lipinski definition) is 4. The van der Waals surface area contributed by atoms with Gasteiger partial charge in [-0.05, 0) is 88.3 Å². The normalized spacial score (nSPS) is 17.4. The Bertz CT molecular complexity index is 2550. The number of amides is 2. The number of fused-ring (bicyclic) bond motifs is 4. The van der Waals surface area contributed by atoms with Crippen LogP contribution in [0.25, 0.3) is 22.0 Å². The molecule has 3 aromatic heterocycles. The molecule has 2 amide bonds. The number of nitrogens with one attached hydrogen (secondary N) is 2. The molecule has 5 aromatic rings. The topological polar surface area (TPSA) is 147 Å². The Labute approximate surface area is 332 Å². The van der Waals surface area contributed by atoms with Crippen LogP contribution < -0.4 is 10.6 Å². The first-order chi connectivity index (χ1) is 27.0. The molecule has 0 aliphatic heterocycles. The molecule has 0 saturated heterocycles. The van der Waals surface area contributed by atoms with E-state index in [9.17, 15) is 37.4 Å². The largest absolute Gasteiger partial charge is 0.381 e. The molecule has 3 atom stereocenters. The number of hydrogen-bond acceptors (Lipinski definition) is 7. The molecule has 11 nitrogen and oxygen atoms in total. The average molecular weight is 828 g/mol. The van der Waals surface area contributed by atoms with Crippen LogP contribution in [-0.4, -0.2) is 57.8 Å². The summed E-state index contributed by atoms with van der Waals surface area (Å²) in [6.07, 6.45) is -3.49. The van der Waals surface area contributed by atoms with Gasteiger partial charge >= 0.3 is 0 Å². The third-order valence-corrected chi connectivity index (χ3v) is 10.2. The van der Waals surface area contributed by atoms with Crippen LogP contribution in [0.15, 0.2) is 42.5 Å². The van der Waals surface area contributed by atoms with Crippen molar-refractivity contribution in [3.8, 4) is 23.0 Å². The molecule has 3 heterocycles. The molecule has 2 aliphatic rings. The maximum absolute atomic E-state index is 15.4. The number of halogens is 7. The lowest BCUT2D eigenvalue weighted by Crippen LogP contribution is -2.36. The van der Waals surface area contributed by atoms with Gasteiger partial charge in [0.2, 0.25) is 5.91 Å². The van der Waals surface area contributed by atoms with Crippen LogP contribution in [0.4, 0.5) is 32.2 Å². The van der Waals surface area contributed by atoms with Crippen LogP contribution in [0.3, 0.4) is 0 Å². The van der Waals surface area contributed by atoms with Crippen molar-refractivity contribution in [3.63, 3.8) is 0 Å². The van der Waals surface area contributed by atoms with Gasteiger partial charge in [-0.25, -0.2) is 22.5 Å². The fourth-order valence-electron chi connectivity index (χ4n) is 7.33. The van der Waals surface area contributed by atoms with E-state index in [0.717, 1.165) is 12.1 Å². The number of alkyl halides is 4. The summed E-state index contributed by atoms with van der Waals surface area (Å²) in [5, 5.41) is 34.5. The van der Waals surface area contributed by atoms with Gasteiger partial charge in [0.1, 0.15) is 46.5 Å². The molecule has 0 radical (unpaired) electrons. The molecular weight excluding hydrogens is 792 g/mol. The molecule has 0 bridgehead atoms. The Morgan fingerprint density at radius 1 is 1.02 bits per heavy atom. The number of aromatic nitrogens is 5. The van der Waals surface area contributed by atoms with Gasteiger partial charge in [0.05, 0.1) is 27.7 Å². The number of pyridine rings is 1. The van der Waals surface area contributed by atoms with Gasteiger partial charge in [-0.2, -0.15) is 19.0 Å². The summed E-state index contributed by atoms with van der Waals surface area (Å²) in [6, 6.07) is 7.59. The number of carbonyl (C=O) groups excluding carboxylic acids is 2. The highest BCUT2D eigenvalue weighted by atomic mass is 35.5. The summed E-state index contributed by atoms with van der Waals surface area (Å²) in [5.74, 6) is -3.66. The summed E-state index contributed by atoms with van der Waals surface area (Å²) in [5.41, 5.74) is -3.90. The molecule has 1 unspecified atom stereocenters. The van der Waals surface area contributed by atoms with E-state index < -0.39 is 82.8 Å². The minimum atomic E-state index is -3.50. The van der Waals surface area contributed by atoms with E-state index >= 15 is 8.78 Å². The van der Waals surface area contributed by atoms with Crippen molar-refractivity contribution < 1.29 is 46.1 Å². The van der Waals surface area contributed by atoms with Gasteiger partial charge in [0, 0.05) is 35.7 Å². The van der Waals surface area contributed by atoms with Crippen LogP contribution in [0.1, 0.15) is 86.4 Å². The fraction of sp³-hybridized carbons (Fsp3) is 0.375. The maximum Gasteiger partial charge on any atom is 0.293 e. The quantitative estimate of drug-likeness (QED) is 0.0891. The zero-order valence-electron chi connectivity index (χ0n) is 31.6. The SMILES string of the molecule is Cn1nc(NC(=O)C(C)(C)O)c2c(Cl)ccc(-c3ccc(C#CC(C)(C)O)nc3[C@H](Cc3cc(F)cc(F)c3)NC(=O)Cn3nc(C(F)F)c4c3C(F)(F)C3C[C@H]43)c21. The molecule has 1 saturated carbocycles. The molecular formula is C40H36ClF6N7O4. The number of carbonyl (C=O) groups is 2. The highest BCUT2D eigenvalue weighted by Gasteiger charge is 2.67. The number of rotatable bonds is 10. The van der Waals surface area contributed by atoms with Crippen LogP contribution >= 0.6 is 11.6 Å². The van der Waals surface area contributed by atoms with Crippen LogP contribution in [0, 0.1) is 29.4 Å². The van der Waals surface area contributed by atoms with Crippen molar-refractivity contribution in [3.05, 3.63) is 93.0 Å². The maximum atomic E-state index is 15.4. The Kier molecular flexibility index (Phi) is 10.1. The smallest absolute Gasteiger partial charge is 0.293 e.